The Morgan fingerprint density at radius 2 is 1.82 bits per heavy atom. The molecule has 11 heavy (non-hydrogen) atoms. The molecule has 0 rings (SSSR count). The minimum absolute atomic E-state index is 0.153. The molecule has 0 saturated heterocycles. The van der Waals surface area contributed by atoms with E-state index in [1.165, 1.54) is 32.1 Å². The van der Waals surface area contributed by atoms with Crippen LogP contribution in [-0.4, -0.2) is 16.1 Å². The van der Waals surface area contributed by atoms with Gasteiger partial charge in [-0.2, -0.15) is 0 Å². The third kappa shape index (κ3) is 6.57. The van der Waals surface area contributed by atoms with Crippen molar-refractivity contribution in [3.8, 4) is 0 Å². The molecule has 0 saturated carbocycles. The van der Waals surface area contributed by atoms with Crippen molar-refractivity contribution >= 4 is 10.5 Å². The van der Waals surface area contributed by atoms with E-state index in [-0.39, 0.29) is 5.60 Å². The zero-order valence-corrected chi connectivity index (χ0v) is 10.4. The van der Waals surface area contributed by atoms with Crippen molar-refractivity contribution in [2.75, 3.05) is 0 Å². The quantitative estimate of drug-likeness (QED) is 0.442. The first kappa shape index (κ1) is 11.2. The number of hydrogen-bond donors (Lipinski definition) is 0. The molecule has 2 heteroatoms. The Morgan fingerprint density at radius 3 is 2.27 bits per heavy atom. The molecule has 0 aliphatic rings. The van der Waals surface area contributed by atoms with Crippen LogP contribution in [0.1, 0.15) is 52.9 Å². The molecule has 0 heterocycles. The summed E-state index contributed by atoms with van der Waals surface area (Å²) in [5.41, 5.74) is 0.153. The summed E-state index contributed by atoms with van der Waals surface area (Å²) in [6.45, 7) is 6.62. The Bertz CT molecular complexity index is 91.6. The van der Waals surface area contributed by atoms with E-state index in [1.54, 1.807) is 0 Å². The number of hydrogen-bond acceptors (Lipinski definition) is 1. The first-order valence-electron chi connectivity index (χ1n) is 4.67. The van der Waals surface area contributed by atoms with Crippen LogP contribution in [0.4, 0.5) is 0 Å². The molecule has 0 aliphatic carbocycles. The molecule has 68 valence electrons. The minimum Gasteiger partial charge on any atom is -0.423 e. The molecule has 0 spiro atoms. The second-order valence-corrected chi connectivity index (χ2v) is 4.18. The maximum atomic E-state index is 5.46. The summed E-state index contributed by atoms with van der Waals surface area (Å²) >= 11 is 0. The fourth-order valence-corrected chi connectivity index (χ4v) is 1.28. The third-order valence-electron chi connectivity index (χ3n) is 2.18. The Kier molecular flexibility index (Phi) is 5.87. The van der Waals surface area contributed by atoms with Crippen molar-refractivity contribution in [3.05, 3.63) is 0 Å². The molecular formula is C9H22OSi. The molecule has 0 fully saturated rings. The van der Waals surface area contributed by atoms with E-state index in [9.17, 15) is 0 Å². The Labute approximate surface area is 74.1 Å². The molecule has 0 amide bonds. The highest BCUT2D eigenvalue weighted by molar-refractivity contribution is 5.98. The summed E-state index contributed by atoms with van der Waals surface area (Å²) < 4.78 is 5.46. The summed E-state index contributed by atoms with van der Waals surface area (Å²) in [5.74, 6) is 0. The van der Waals surface area contributed by atoms with Crippen LogP contribution in [0, 0.1) is 0 Å². The zero-order chi connectivity index (χ0) is 8.74. The molecule has 0 aromatic heterocycles. The predicted octanol–water partition coefficient (Wildman–Crippen LogP) is 2.03. The fraction of sp³-hybridized carbons (Fsp3) is 1.00. The van der Waals surface area contributed by atoms with Gasteiger partial charge in [-0.05, 0) is 20.3 Å². The Balaban J connectivity index is 3.23. The first-order valence-corrected chi connectivity index (χ1v) is 5.49. The maximum absolute atomic E-state index is 5.46. The molecule has 1 nitrogen and oxygen atoms in total. The van der Waals surface area contributed by atoms with Gasteiger partial charge < -0.3 is 4.43 Å². The largest absolute Gasteiger partial charge is 0.423 e. The van der Waals surface area contributed by atoms with Crippen molar-refractivity contribution < 1.29 is 4.43 Å². The lowest BCUT2D eigenvalue weighted by Gasteiger charge is -2.23. The number of rotatable bonds is 6. The molecule has 0 unspecified atom stereocenters. The molecule has 0 radical (unpaired) electrons. The van der Waals surface area contributed by atoms with Gasteiger partial charge in [0.1, 0.15) is 10.5 Å². The lowest BCUT2D eigenvalue weighted by molar-refractivity contribution is 0.109. The highest BCUT2D eigenvalue weighted by Crippen LogP contribution is 2.17. The molecule has 0 aromatic rings. The SMILES string of the molecule is CCCCCCC(C)(C)O[SiH3]. The van der Waals surface area contributed by atoms with Crippen LogP contribution in [0.15, 0.2) is 0 Å². The van der Waals surface area contributed by atoms with Crippen LogP contribution in [-0.2, 0) is 4.43 Å². The van der Waals surface area contributed by atoms with E-state index in [0.717, 1.165) is 10.5 Å². The van der Waals surface area contributed by atoms with Crippen LogP contribution in [0.5, 0.6) is 0 Å². The van der Waals surface area contributed by atoms with E-state index in [4.69, 9.17) is 4.43 Å². The van der Waals surface area contributed by atoms with Gasteiger partial charge in [-0.25, -0.2) is 0 Å². The van der Waals surface area contributed by atoms with Gasteiger partial charge in [0, 0.05) is 5.60 Å². The van der Waals surface area contributed by atoms with E-state index in [1.807, 2.05) is 0 Å². The monoisotopic (exact) mass is 174 g/mol. The zero-order valence-electron chi connectivity index (χ0n) is 8.44. The fourth-order valence-electron chi connectivity index (χ4n) is 1.08. The van der Waals surface area contributed by atoms with Crippen LogP contribution < -0.4 is 0 Å². The molecule has 0 atom stereocenters. The van der Waals surface area contributed by atoms with E-state index in [0.29, 0.717) is 0 Å². The van der Waals surface area contributed by atoms with Crippen molar-refractivity contribution in [1.82, 2.24) is 0 Å². The van der Waals surface area contributed by atoms with Crippen LogP contribution >= 0.6 is 0 Å². The summed E-state index contributed by atoms with van der Waals surface area (Å²) in [5, 5.41) is 0. The highest BCUT2D eigenvalue weighted by atomic mass is 28.2. The van der Waals surface area contributed by atoms with Gasteiger partial charge in [-0.15, -0.1) is 0 Å². The van der Waals surface area contributed by atoms with Gasteiger partial charge in [-0.1, -0.05) is 32.6 Å². The maximum Gasteiger partial charge on any atom is 0.146 e. The third-order valence-corrected chi connectivity index (χ3v) is 3.29. The smallest absolute Gasteiger partial charge is 0.146 e. The predicted molar refractivity (Wildman–Crippen MR) is 53.9 cm³/mol. The Morgan fingerprint density at radius 1 is 1.18 bits per heavy atom. The molecule has 0 aliphatic heterocycles. The molecule has 0 aromatic carbocycles. The molecule has 0 bridgehead atoms. The molecule has 0 N–H and O–H groups in total. The first-order chi connectivity index (χ1) is 5.12. The van der Waals surface area contributed by atoms with Crippen molar-refractivity contribution in [2.24, 2.45) is 0 Å². The summed E-state index contributed by atoms with van der Waals surface area (Å²) in [7, 11) is 0.867. The summed E-state index contributed by atoms with van der Waals surface area (Å²) in [6, 6.07) is 0. The van der Waals surface area contributed by atoms with Crippen LogP contribution in [0.2, 0.25) is 0 Å². The summed E-state index contributed by atoms with van der Waals surface area (Å²) in [4.78, 5) is 0. The number of unbranched alkanes of at least 4 members (excludes halogenated alkanes) is 3. The van der Waals surface area contributed by atoms with E-state index < -0.39 is 0 Å². The van der Waals surface area contributed by atoms with Crippen molar-refractivity contribution in [2.45, 2.75) is 58.5 Å². The standard InChI is InChI=1S/C9H22OSi/c1-4-5-6-7-8-9(2,3)10-11/h4-8H2,1-3,11H3. The van der Waals surface area contributed by atoms with Gasteiger partial charge in [0.05, 0.1) is 0 Å². The van der Waals surface area contributed by atoms with Crippen molar-refractivity contribution in [3.63, 3.8) is 0 Å². The van der Waals surface area contributed by atoms with Gasteiger partial charge >= 0.3 is 0 Å². The average molecular weight is 174 g/mol. The lowest BCUT2D eigenvalue weighted by Crippen LogP contribution is -2.22. The summed E-state index contributed by atoms with van der Waals surface area (Å²) in [6.07, 6.45) is 6.60. The minimum atomic E-state index is 0.153. The van der Waals surface area contributed by atoms with Gasteiger partial charge in [0.2, 0.25) is 0 Å². The highest BCUT2D eigenvalue weighted by Gasteiger charge is 2.13. The molecular weight excluding hydrogens is 152 g/mol. The average Bonchev–Trinajstić information content (AvgIpc) is 1.99. The normalized spacial score (nSPS) is 12.3. The van der Waals surface area contributed by atoms with Crippen LogP contribution in [0.25, 0.3) is 0 Å². The van der Waals surface area contributed by atoms with Gasteiger partial charge in [0.25, 0.3) is 0 Å². The Hall–Kier alpha value is 0.177. The van der Waals surface area contributed by atoms with Crippen LogP contribution in [0.3, 0.4) is 0 Å². The second kappa shape index (κ2) is 5.78. The topological polar surface area (TPSA) is 9.23 Å². The van der Waals surface area contributed by atoms with E-state index in [2.05, 4.69) is 20.8 Å². The second-order valence-electron chi connectivity index (χ2n) is 3.77. The van der Waals surface area contributed by atoms with Gasteiger partial charge in [0.15, 0.2) is 0 Å². The van der Waals surface area contributed by atoms with Gasteiger partial charge in [-0.3, -0.25) is 0 Å². The van der Waals surface area contributed by atoms with E-state index >= 15 is 0 Å². The lowest BCUT2D eigenvalue weighted by atomic mass is 10.0. The van der Waals surface area contributed by atoms with Crippen molar-refractivity contribution in [1.29, 1.82) is 0 Å².